The summed E-state index contributed by atoms with van der Waals surface area (Å²) in [4.78, 5) is 27.1. The highest BCUT2D eigenvalue weighted by molar-refractivity contribution is 9.09. The second kappa shape index (κ2) is 10.8. The largest absolute Gasteiger partial charge is 0.466 e. The summed E-state index contributed by atoms with van der Waals surface area (Å²) in [7, 11) is 1.35. The fourth-order valence-corrected chi connectivity index (χ4v) is 2.87. The van der Waals surface area contributed by atoms with Crippen molar-refractivity contribution in [2.24, 2.45) is 0 Å². The van der Waals surface area contributed by atoms with Crippen LogP contribution in [0.3, 0.4) is 0 Å². The predicted molar refractivity (Wildman–Crippen MR) is 99.0 cm³/mol. The standard InChI is InChI=1S/C19H22BrNO3/c1-14(19(23)24-3)11-15-7-6-8-16(12-15)17(18(22)13-20)9-4-5-10-21-2/h6-8,11-12,17H,4-5,9-10,13H2,1,3H3/b14-11+. The van der Waals surface area contributed by atoms with Crippen LogP contribution in [-0.4, -0.2) is 30.7 Å². The Hall–Kier alpha value is -1.93. The van der Waals surface area contributed by atoms with Crippen LogP contribution < -0.4 is 0 Å². The van der Waals surface area contributed by atoms with Crippen LogP contribution in [0.2, 0.25) is 0 Å². The summed E-state index contributed by atoms with van der Waals surface area (Å²) in [5, 5.41) is 0.307. The van der Waals surface area contributed by atoms with Crippen LogP contribution in [0.5, 0.6) is 0 Å². The van der Waals surface area contributed by atoms with Gasteiger partial charge in [0.15, 0.2) is 5.78 Å². The number of rotatable bonds is 9. The first-order valence-electron chi connectivity index (χ1n) is 7.82. The number of alkyl halides is 1. The molecular weight excluding hydrogens is 370 g/mol. The van der Waals surface area contributed by atoms with Gasteiger partial charge in [-0.05, 0) is 37.0 Å². The molecule has 0 radical (unpaired) electrons. The summed E-state index contributed by atoms with van der Waals surface area (Å²) in [5.74, 6) is -0.432. The molecule has 1 unspecified atom stereocenters. The van der Waals surface area contributed by atoms with Crippen molar-refractivity contribution in [3.63, 3.8) is 0 Å². The first-order chi connectivity index (χ1) is 11.5. The summed E-state index contributed by atoms with van der Waals surface area (Å²) in [6.45, 7) is 9.02. The molecule has 0 aliphatic heterocycles. The lowest BCUT2D eigenvalue weighted by molar-refractivity contribution is -0.135. The molecule has 1 aromatic carbocycles. The molecule has 1 aromatic rings. The number of carbonyl (C=O) groups is 2. The number of halogens is 1. The molecule has 0 aliphatic rings. The predicted octanol–water partition coefficient (Wildman–Crippen LogP) is 4.40. The maximum Gasteiger partial charge on any atom is 0.333 e. The molecule has 0 bridgehead atoms. The van der Waals surface area contributed by atoms with E-state index in [2.05, 4.69) is 20.8 Å². The van der Waals surface area contributed by atoms with Gasteiger partial charge in [-0.2, -0.15) is 0 Å². The number of hydrogen-bond donors (Lipinski definition) is 0. The molecule has 1 atom stereocenters. The third-order valence-corrected chi connectivity index (χ3v) is 4.29. The topological polar surface area (TPSA) is 47.7 Å². The van der Waals surface area contributed by atoms with Crippen molar-refractivity contribution in [2.45, 2.75) is 32.1 Å². The number of benzene rings is 1. The Morgan fingerprint density at radius 1 is 1.38 bits per heavy atom. The van der Waals surface area contributed by atoms with Gasteiger partial charge in [0.25, 0.3) is 0 Å². The van der Waals surface area contributed by atoms with E-state index >= 15 is 0 Å². The summed E-state index contributed by atoms with van der Waals surface area (Å²) in [6.07, 6.45) is 4.12. The van der Waals surface area contributed by atoms with Crippen molar-refractivity contribution in [3.05, 3.63) is 52.4 Å². The Bertz CT molecular complexity index is 646. The number of unbranched alkanes of at least 4 members (excludes halogenated alkanes) is 1. The Kier molecular flexibility index (Phi) is 9.03. The van der Waals surface area contributed by atoms with Crippen LogP contribution in [0.25, 0.3) is 10.9 Å². The van der Waals surface area contributed by atoms with Gasteiger partial charge in [0, 0.05) is 17.9 Å². The number of carbonyl (C=O) groups excluding carboxylic acids is 2. The monoisotopic (exact) mass is 391 g/mol. The van der Waals surface area contributed by atoms with E-state index in [4.69, 9.17) is 11.3 Å². The zero-order valence-electron chi connectivity index (χ0n) is 14.0. The van der Waals surface area contributed by atoms with Gasteiger partial charge in [0.1, 0.15) is 0 Å². The smallest absolute Gasteiger partial charge is 0.333 e. The average Bonchev–Trinajstić information content (AvgIpc) is 2.60. The highest BCUT2D eigenvalue weighted by Crippen LogP contribution is 2.25. The lowest BCUT2D eigenvalue weighted by atomic mass is 9.89. The van der Waals surface area contributed by atoms with Crippen molar-refractivity contribution in [2.75, 3.05) is 19.0 Å². The number of esters is 1. The van der Waals surface area contributed by atoms with Gasteiger partial charge in [-0.1, -0.05) is 40.2 Å². The molecule has 128 valence electrons. The summed E-state index contributed by atoms with van der Waals surface area (Å²) in [6, 6.07) is 7.65. The molecule has 0 aromatic heterocycles. The SMILES string of the molecule is [C-]#[N+]CCCCC(C(=O)CBr)c1cccc(/C=C(\C)C(=O)OC)c1. The number of nitrogens with zero attached hydrogens (tertiary/aromatic N) is 1. The van der Waals surface area contributed by atoms with Gasteiger partial charge in [0.2, 0.25) is 6.54 Å². The maximum atomic E-state index is 12.3. The van der Waals surface area contributed by atoms with E-state index in [0.29, 0.717) is 17.4 Å². The van der Waals surface area contributed by atoms with Crippen LogP contribution in [0.4, 0.5) is 0 Å². The Balaban J connectivity index is 2.98. The molecule has 24 heavy (non-hydrogen) atoms. The van der Waals surface area contributed by atoms with Gasteiger partial charge >= 0.3 is 5.97 Å². The quantitative estimate of drug-likeness (QED) is 0.206. The van der Waals surface area contributed by atoms with Crippen LogP contribution in [0.1, 0.15) is 43.2 Å². The minimum atomic E-state index is -0.368. The molecule has 0 N–H and O–H groups in total. The van der Waals surface area contributed by atoms with Crippen LogP contribution in [0.15, 0.2) is 29.8 Å². The zero-order chi connectivity index (χ0) is 17.9. The van der Waals surface area contributed by atoms with E-state index in [-0.39, 0.29) is 17.7 Å². The fourth-order valence-electron chi connectivity index (χ4n) is 2.48. The number of hydrogen-bond acceptors (Lipinski definition) is 3. The minimum Gasteiger partial charge on any atom is -0.466 e. The van der Waals surface area contributed by atoms with E-state index in [0.717, 1.165) is 30.4 Å². The highest BCUT2D eigenvalue weighted by Gasteiger charge is 2.19. The zero-order valence-corrected chi connectivity index (χ0v) is 15.6. The molecule has 4 nitrogen and oxygen atoms in total. The second-order valence-corrected chi connectivity index (χ2v) is 6.08. The molecule has 0 fully saturated rings. The number of ether oxygens (including phenoxy) is 1. The Labute approximate surface area is 151 Å². The van der Waals surface area contributed by atoms with Crippen molar-refractivity contribution < 1.29 is 14.3 Å². The van der Waals surface area contributed by atoms with Gasteiger partial charge in [-0.3, -0.25) is 4.79 Å². The molecule has 0 saturated heterocycles. The molecular formula is C19H22BrNO3. The molecule has 0 aliphatic carbocycles. The van der Waals surface area contributed by atoms with E-state index in [1.54, 1.807) is 13.0 Å². The van der Waals surface area contributed by atoms with E-state index < -0.39 is 0 Å². The van der Waals surface area contributed by atoms with Gasteiger partial charge in [-0.25, -0.2) is 11.4 Å². The normalized spacial score (nSPS) is 12.3. The maximum absolute atomic E-state index is 12.3. The molecule has 0 saturated carbocycles. The van der Waals surface area contributed by atoms with E-state index in [1.807, 2.05) is 24.3 Å². The summed E-state index contributed by atoms with van der Waals surface area (Å²) >= 11 is 3.25. The van der Waals surface area contributed by atoms with Crippen molar-refractivity contribution in [1.82, 2.24) is 0 Å². The average molecular weight is 392 g/mol. The van der Waals surface area contributed by atoms with Crippen molar-refractivity contribution in [3.8, 4) is 0 Å². The van der Waals surface area contributed by atoms with E-state index in [1.165, 1.54) is 7.11 Å². The van der Waals surface area contributed by atoms with Crippen LogP contribution >= 0.6 is 15.9 Å². The number of methoxy groups -OCH3 is 1. The van der Waals surface area contributed by atoms with Crippen molar-refractivity contribution in [1.29, 1.82) is 0 Å². The van der Waals surface area contributed by atoms with Gasteiger partial charge in [-0.15, -0.1) is 0 Å². The lowest BCUT2D eigenvalue weighted by Crippen LogP contribution is -2.14. The highest BCUT2D eigenvalue weighted by atomic mass is 79.9. The van der Waals surface area contributed by atoms with Crippen LogP contribution in [-0.2, 0) is 14.3 Å². The Morgan fingerprint density at radius 2 is 2.12 bits per heavy atom. The van der Waals surface area contributed by atoms with Gasteiger partial charge in [0.05, 0.1) is 12.4 Å². The first-order valence-corrected chi connectivity index (χ1v) is 8.94. The molecule has 1 rings (SSSR count). The first kappa shape index (κ1) is 20.1. The lowest BCUT2D eigenvalue weighted by Gasteiger charge is -2.15. The third-order valence-electron chi connectivity index (χ3n) is 3.74. The Morgan fingerprint density at radius 3 is 2.75 bits per heavy atom. The third kappa shape index (κ3) is 6.29. The molecule has 0 spiro atoms. The van der Waals surface area contributed by atoms with E-state index in [9.17, 15) is 9.59 Å². The minimum absolute atomic E-state index is 0.128. The molecule has 0 heterocycles. The van der Waals surface area contributed by atoms with Crippen molar-refractivity contribution >= 4 is 33.8 Å². The van der Waals surface area contributed by atoms with Crippen LogP contribution in [0, 0.1) is 6.57 Å². The molecule has 0 amide bonds. The number of ketones is 1. The second-order valence-electron chi connectivity index (χ2n) is 5.52. The summed E-state index contributed by atoms with van der Waals surface area (Å²) < 4.78 is 4.70. The molecule has 5 heteroatoms. The number of Topliss-reactive ketones (excluding diaryl/α,β-unsaturated/α-hetero) is 1. The fraction of sp³-hybridized carbons (Fsp3) is 0.421. The summed E-state index contributed by atoms with van der Waals surface area (Å²) in [5.41, 5.74) is 2.31. The van der Waals surface area contributed by atoms with Gasteiger partial charge < -0.3 is 9.58 Å².